The number of carbonyl (C=O) groups excluding carboxylic acids is 1. The van der Waals surface area contributed by atoms with Crippen molar-refractivity contribution in [3.63, 3.8) is 0 Å². The second-order valence-corrected chi connectivity index (χ2v) is 7.85. The van der Waals surface area contributed by atoms with Gasteiger partial charge >= 0.3 is 0 Å². The van der Waals surface area contributed by atoms with Gasteiger partial charge in [0.25, 0.3) is 5.24 Å². The largest absolute Gasteiger partial charge is 0.340 e. The number of amides is 1. The topological polar surface area (TPSA) is 29.1 Å². The van der Waals surface area contributed by atoms with E-state index in [2.05, 4.69) is 45.2 Å². The highest BCUT2D eigenvalue weighted by Gasteiger charge is 2.23. The Labute approximate surface area is 116 Å². The highest BCUT2D eigenvalue weighted by molar-refractivity contribution is 8.14. The zero-order valence-corrected chi connectivity index (χ0v) is 13.0. The molecule has 0 aromatic rings. The molecule has 0 heterocycles. The summed E-state index contributed by atoms with van der Waals surface area (Å²) in [6.07, 6.45) is 10.5. The van der Waals surface area contributed by atoms with Crippen molar-refractivity contribution >= 4 is 17.0 Å². The second kappa shape index (κ2) is 7.22. The smallest absolute Gasteiger partial charge is 0.280 e. The highest BCUT2D eigenvalue weighted by Crippen LogP contribution is 2.26. The normalized spacial score (nSPS) is 27.1. The van der Waals surface area contributed by atoms with Crippen LogP contribution in [0.4, 0.5) is 4.79 Å². The highest BCUT2D eigenvalue weighted by atomic mass is 32.2. The molecular weight excluding hydrogens is 242 g/mol. The van der Waals surface area contributed by atoms with Crippen LogP contribution >= 0.6 is 11.8 Å². The van der Waals surface area contributed by atoms with E-state index in [1.807, 2.05) is 0 Å². The number of thioether (sulfide) groups is 1. The summed E-state index contributed by atoms with van der Waals surface area (Å²) in [6, 6.07) is 0.220. The Bertz CT molecular complexity index is 293. The average Bonchev–Trinajstić information content (AvgIpc) is 2.20. The number of hydrogen-bond donors (Lipinski definition) is 1. The van der Waals surface area contributed by atoms with Gasteiger partial charge < -0.3 is 5.32 Å². The van der Waals surface area contributed by atoms with E-state index in [1.165, 1.54) is 31.0 Å². The molecule has 2 nitrogen and oxygen atoms in total. The van der Waals surface area contributed by atoms with E-state index < -0.39 is 0 Å². The molecule has 0 radical (unpaired) electrons. The van der Waals surface area contributed by atoms with E-state index in [1.54, 1.807) is 0 Å². The summed E-state index contributed by atoms with van der Waals surface area (Å²) in [7, 11) is 0. The summed E-state index contributed by atoms with van der Waals surface area (Å²) < 4.78 is -0.0167. The summed E-state index contributed by atoms with van der Waals surface area (Å²) in [6.45, 7) is 8.43. The lowest BCUT2D eigenvalue weighted by Crippen LogP contribution is -2.38. The third kappa shape index (κ3) is 5.94. The number of nitrogens with one attached hydrogen (secondary N) is 1. The number of rotatable bonds is 2. The fourth-order valence-electron chi connectivity index (χ4n) is 2.32. The Morgan fingerprint density at radius 3 is 2.72 bits per heavy atom. The van der Waals surface area contributed by atoms with Gasteiger partial charge in [-0.15, -0.1) is 0 Å². The van der Waals surface area contributed by atoms with Crippen LogP contribution in [-0.4, -0.2) is 16.0 Å². The van der Waals surface area contributed by atoms with E-state index in [0.717, 1.165) is 12.8 Å². The second-order valence-electron chi connectivity index (χ2n) is 6.05. The minimum absolute atomic E-state index is 0.0167. The van der Waals surface area contributed by atoms with Crippen molar-refractivity contribution in [2.75, 3.05) is 0 Å². The fraction of sp³-hybridized carbons (Fsp3) is 0.800. The molecule has 1 amide bonds. The molecule has 0 aromatic carbocycles. The molecule has 0 saturated heterocycles. The quantitative estimate of drug-likeness (QED) is 0.733. The molecule has 0 aromatic heterocycles. The molecule has 0 spiro atoms. The van der Waals surface area contributed by atoms with Crippen molar-refractivity contribution in [2.24, 2.45) is 5.92 Å². The van der Waals surface area contributed by atoms with Gasteiger partial charge in [-0.1, -0.05) is 64.5 Å². The van der Waals surface area contributed by atoms with Gasteiger partial charge in [0.2, 0.25) is 0 Å². The van der Waals surface area contributed by atoms with Gasteiger partial charge in [-0.3, -0.25) is 4.79 Å². The molecule has 2 atom stereocenters. The van der Waals surface area contributed by atoms with E-state index in [9.17, 15) is 4.79 Å². The van der Waals surface area contributed by atoms with E-state index in [4.69, 9.17) is 0 Å². The average molecular weight is 269 g/mol. The molecule has 104 valence electrons. The Balaban J connectivity index is 2.59. The maximum atomic E-state index is 12.0. The van der Waals surface area contributed by atoms with Gasteiger partial charge in [0, 0.05) is 4.75 Å². The van der Waals surface area contributed by atoms with Crippen LogP contribution in [0.15, 0.2) is 12.2 Å². The summed E-state index contributed by atoms with van der Waals surface area (Å²) in [5.74, 6) is 0.589. The molecule has 0 fully saturated rings. The van der Waals surface area contributed by atoms with Crippen molar-refractivity contribution in [1.29, 1.82) is 0 Å². The van der Waals surface area contributed by atoms with Crippen LogP contribution in [0, 0.1) is 5.92 Å². The van der Waals surface area contributed by atoms with Crippen LogP contribution in [0.1, 0.15) is 59.8 Å². The summed E-state index contributed by atoms with van der Waals surface area (Å²) in [5, 5.41) is 3.29. The first-order valence-corrected chi connectivity index (χ1v) is 7.90. The third-order valence-electron chi connectivity index (χ3n) is 3.25. The lowest BCUT2D eigenvalue weighted by atomic mass is 9.89. The number of hydrogen-bond acceptors (Lipinski definition) is 2. The van der Waals surface area contributed by atoms with Gasteiger partial charge in [0.1, 0.15) is 0 Å². The predicted octanol–water partition coefficient (Wildman–Crippen LogP) is 4.75. The SMILES string of the molecule is CC[C@@H]1CCCC/C=C/[C@@H]1NC(=O)SC(C)(C)C. The maximum absolute atomic E-state index is 12.0. The Kier molecular flexibility index (Phi) is 6.27. The monoisotopic (exact) mass is 269 g/mol. The zero-order valence-electron chi connectivity index (χ0n) is 12.2. The minimum atomic E-state index is -0.0167. The Morgan fingerprint density at radius 2 is 2.11 bits per heavy atom. The first-order chi connectivity index (χ1) is 8.42. The molecule has 3 heteroatoms. The summed E-state index contributed by atoms with van der Waals surface area (Å²) in [5.41, 5.74) is 0. The number of carbonyl (C=O) groups is 1. The number of allylic oxidation sites excluding steroid dienone is 1. The van der Waals surface area contributed by atoms with Crippen LogP contribution in [0.25, 0.3) is 0 Å². The molecule has 0 unspecified atom stereocenters. The maximum Gasteiger partial charge on any atom is 0.280 e. The van der Waals surface area contributed by atoms with E-state index in [0.29, 0.717) is 5.92 Å². The molecule has 0 aliphatic heterocycles. The molecule has 0 bridgehead atoms. The van der Waals surface area contributed by atoms with Crippen molar-refractivity contribution in [3.8, 4) is 0 Å². The molecule has 1 rings (SSSR count). The Hall–Kier alpha value is -0.440. The zero-order chi connectivity index (χ0) is 13.6. The van der Waals surface area contributed by atoms with Gasteiger partial charge in [-0.25, -0.2) is 0 Å². The van der Waals surface area contributed by atoms with Crippen molar-refractivity contribution in [1.82, 2.24) is 5.32 Å². The predicted molar refractivity (Wildman–Crippen MR) is 81.1 cm³/mol. The van der Waals surface area contributed by atoms with Gasteiger partial charge in [0.15, 0.2) is 0 Å². The van der Waals surface area contributed by atoms with Gasteiger partial charge in [-0.05, 0) is 25.2 Å². The lowest BCUT2D eigenvalue weighted by molar-refractivity contribution is 0.253. The van der Waals surface area contributed by atoms with Crippen LogP contribution in [0.5, 0.6) is 0 Å². The van der Waals surface area contributed by atoms with Crippen LogP contribution < -0.4 is 5.32 Å². The minimum Gasteiger partial charge on any atom is -0.340 e. The fourth-order valence-corrected chi connectivity index (χ4v) is 3.07. The Morgan fingerprint density at radius 1 is 1.39 bits per heavy atom. The van der Waals surface area contributed by atoms with Crippen LogP contribution in [-0.2, 0) is 0 Å². The van der Waals surface area contributed by atoms with Crippen molar-refractivity contribution in [3.05, 3.63) is 12.2 Å². The molecular formula is C15H27NOS. The summed E-state index contributed by atoms with van der Waals surface area (Å²) >= 11 is 1.39. The van der Waals surface area contributed by atoms with E-state index >= 15 is 0 Å². The molecule has 18 heavy (non-hydrogen) atoms. The van der Waals surface area contributed by atoms with Gasteiger partial charge in [-0.2, -0.15) is 0 Å². The lowest BCUT2D eigenvalue weighted by Gasteiger charge is -2.27. The van der Waals surface area contributed by atoms with E-state index in [-0.39, 0.29) is 16.0 Å². The first kappa shape index (κ1) is 15.6. The molecule has 1 aliphatic carbocycles. The first-order valence-electron chi connectivity index (χ1n) is 7.08. The molecule has 0 saturated carbocycles. The standard InChI is InChI=1S/C15H27NOS/c1-5-12-10-8-6-7-9-11-13(12)16-14(17)18-15(2,3)4/h9,11-13H,5-8,10H2,1-4H3,(H,16,17)/b11-9+/t12-,13+/m1/s1. The van der Waals surface area contributed by atoms with Gasteiger partial charge in [0.05, 0.1) is 6.04 Å². The molecule has 1 aliphatic rings. The van der Waals surface area contributed by atoms with Crippen molar-refractivity contribution in [2.45, 2.75) is 70.6 Å². The molecule has 1 N–H and O–H groups in total. The van der Waals surface area contributed by atoms with Crippen LogP contribution in [0.3, 0.4) is 0 Å². The van der Waals surface area contributed by atoms with Crippen molar-refractivity contribution < 1.29 is 4.79 Å². The van der Waals surface area contributed by atoms with Crippen LogP contribution in [0.2, 0.25) is 0 Å². The third-order valence-corrected chi connectivity index (χ3v) is 4.17. The summed E-state index contributed by atoms with van der Waals surface area (Å²) in [4.78, 5) is 12.0.